The molecule has 0 unspecified atom stereocenters. The molecule has 20 heavy (non-hydrogen) atoms. The van der Waals surface area contributed by atoms with Gasteiger partial charge in [0.2, 0.25) is 0 Å². The SMILES string of the molecule is CC1(C)OB(c2cnc(C(F)F)c(C#N)c2)OC1(C)C. The van der Waals surface area contributed by atoms with Crippen molar-refractivity contribution in [3.63, 3.8) is 0 Å². The van der Waals surface area contributed by atoms with E-state index in [4.69, 9.17) is 14.6 Å². The van der Waals surface area contributed by atoms with Crippen LogP contribution in [0, 0.1) is 11.3 Å². The Kier molecular flexibility index (Phi) is 3.57. The monoisotopic (exact) mass is 280 g/mol. The number of rotatable bonds is 2. The third-order valence-corrected chi connectivity index (χ3v) is 3.79. The first-order valence-electron chi connectivity index (χ1n) is 6.21. The normalized spacial score (nSPS) is 20.2. The number of pyridine rings is 1. The standard InChI is InChI=1S/C13H15BF2N2O2/c1-12(2)13(3,4)20-14(19-12)9-5-8(6-17)10(11(15)16)18-7-9/h5,7,11H,1-4H3. The summed E-state index contributed by atoms with van der Waals surface area (Å²) < 4.78 is 37.0. The van der Waals surface area contributed by atoms with Crippen molar-refractivity contribution in [2.45, 2.75) is 45.3 Å². The molecule has 1 aliphatic heterocycles. The number of aromatic nitrogens is 1. The second-order valence-corrected chi connectivity index (χ2v) is 5.70. The summed E-state index contributed by atoms with van der Waals surface area (Å²) in [5, 5.41) is 8.93. The zero-order valence-electron chi connectivity index (χ0n) is 11.8. The van der Waals surface area contributed by atoms with Crippen molar-refractivity contribution in [1.29, 1.82) is 5.26 Å². The summed E-state index contributed by atoms with van der Waals surface area (Å²) in [5.74, 6) is 0. The first-order valence-corrected chi connectivity index (χ1v) is 6.21. The Hall–Kier alpha value is -1.52. The Morgan fingerprint density at radius 1 is 1.25 bits per heavy atom. The number of halogens is 2. The molecule has 1 fully saturated rings. The van der Waals surface area contributed by atoms with Crippen molar-refractivity contribution in [1.82, 2.24) is 4.98 Å². The van der Waals surface area contributed by atoms with Gasteiger partial charge in [0.15, 0.2) is 0 Å². The van der Waals surface area contributed by atoms with Crippen LogP contribution >= 0.6 is 0 Å². The van der Waals surface area contributed by atoms with E-state index in [1.54, 1.807) is 6.07 Å². The van der Waals surface area contributed by atoms with Gasteiger partial charge in [0.25, 0.3) is 6.43 Å². The summed E-state index contributed by atoms with van der Waals surface area (Å²) >= 11 is 0. The fraction of sp³-hybridized carbons (Fsp3) is 0.538. The van der Waals surface area contributed by atoms with Gasteiger partial charge in [-0.3, -0.25) is 4.98 Å². The average Bonchev–Trinajstić information content (AvgIpc) is 2.57. The highest BCUT2D eigenvalue weighted by Gasteiger charge is 2.51. The van der Waals surface area contributed by atoms with Gasteiger partial charge in [0, 0.05) is 11.7 Å². The van der Waals surface area contributed by atoms with Crippen LogP contribution in [0.15, 0.2) is 12.3 Å². The number of nitrogens with zero attached hydrogens (tertiary/aromatic N) is 2. The summed E-state index contributed by atoms with van der Waals surface area (Å²) in [6, 6.07) is 3.07. The quantitative estimate of drug-likeness (QED) is 0.779. The molecule has 0 amide bonds. The third kappa shape index (κ3) is 2.41. The van der Waals surface area contributed by atoms with E-state index in [0.717, 1.165) is 0 Å². The maximum absolute atomic E-state index is 12.7. The van der Waals surface area contributed by atoms with Crippen molar-refractivity contribution >= 4 is 12.6 Å². The summed E-state index contributed by atoms with van der Waals surface area (Å²) in [6.07, 6.45) is -1.51. The first-order chi connectivity index (χ1) is 9.18. The fourth-order valence-electron chi connectivity index (χ4n) is 1.86. The Balaban J connectivity index is 2.35. The van der Waals surface area contributed by atoms with Crippen LogP contribution in [0.1, 0.15) is 45.4 Å². The zero-order valence-corrected chi connectivity index (χ0v) is 11.8. The molecule has 0 radical (unpaired) electrons. The molecule has 1 aromatic rings. The van der Waals surface area contributed by atoms with E-state index in [1.165, 1.54) is 12.3 Å². The molecular weight excluding hydrogens is 265 g/mol. The smallest absolute Gasteiger partial charge is 0.399 e. The lowest BCUT2D eigenvalue weighted by molar-refractivity contribution is 0.00578. The molecule has 1 saturated heterocycles. The van der Waals surface area contributed by atoms with Crippen LogP contribution in [-0.4, -0.2) is 23.3 Å². The van der Waals surface area contributed by atoms with Crippen molar-refractivity contribution in [2.24, 2.45) is 0 Å². The molecule has 2 heterocycles. The van der Waals surface area contributed by atoms with Crippen LogP contribution < -0.4 is 5.46 Å². The van der Waals surface area contributed by atoms with Gasteiger partial charge in [-0.1, -0.05) is 0 Å². The molecule has 1 aliphatic rings. The first kappa shape index (κ1) is 14.9. The second kappa shape index (κ2) is 4.79. The molecule has 4 nitrogen and oxygen atoms in total. The van der Waals surface area contributed by atoms with Crippen LogP contribution in [0.4, 0.5) is 8.78 Å². The van der Waals surface area contributed by atoms with Crippen molar-refractivity contribution < 1.29 is 18.1 Å². The minimum absolute atomic E-state index is 0.160. The van der Waals surface area contributed by atoms with Crippen molar-refractivity contribution in [2.75, 3.05) is 0 Å². The summed E-state index contributed by atoms with van der Waals surface area (Å²) in [6.45, 7) is 7.55. The average molecular weight is 280 g/mol. The van der Waals surface area contributed by atoms with Gasteiger partial charge in [-0.15, -0.1) is 0 Å². The largest absolute Gasteiger partial charge is 0.496 e. The lowest BCUT2D eigenvalue weighted by Crippen LogP contribution is -2.41. The van der Waals surface area contributed by atoms with Gasteiger partial charge >= 0.3 is 7.12 Å². The lowest BCUT2D eigenvalue weighted by Gasteiger charge is -2.32. The van der Waals surface area contributed by atoms with Gasteiger partial charge in [-0.05, 0) is 33.8 Å². The third-order valence-electron chi connectivity index (χ3n) is 3.79. The predicted molar refractivity (Wildman–Crippen MR) is 69.6 cm³/mol. The molecule has 106 valence electrons. The van der Waals surface area contributed by atoms with E-state index in [9.17, 15) is 8.78 Å². The molecule has 0 aromatic carbocycles. The van der Waals surface area contributed by atoms with E-state index in [-0.39, 0.29) is 5.56 Å². The highest BCUT2D eigenvalue weighted by molar-refractivity contribution is 6.62. The Morgan fingerprint density at radius 2 is 1.80 bits per heavy atom. The molecule has 0 aliphatic carbocycles. The molecule has 0 bridgehead atoms. The van der Waals surface area contributed by atoms with Gasteiger partial charge < -0.3 is 9.31 Å². The van der Waals surface area contributed by atoms with Crippen LogP contribution in [-0.2, 0) is 9.31 Å². The van der Waals surface area contributed by atoms with Gasteiger partial charge in [0.1, 0.15) is 11.8 Å². The minimum atomic E-state index is -2.78. The molecular formula is C13H15BF2N2O2. The van der Waals surface area contributed by atoms with Crippen LogP contribution in [0.2, 0.25) is 0 Å². The minimum Gasteiger partial charge on any atom is -0.399 e. The number of nitriles is 1. The predicted octanol–water partition coefficient (Wildman–Crippen LogP) is 2.19. The number of hydrogen-bond acceptors (Lipinski definition) is 4. The topological polar surface area (TPSA) is 55.1 Å². The summed E-state index contributed by atoms with van der Waals surface area (Å²) in [4.78, 5) is 3.66. The van der Waals surface area contributed by atoms with E-state index in [1.807, 2.05) is 27.7 Å². The molecule has 0 atom stereocenters. The van der Waals surface area contributed by atoms with Crippen LogP contribution in [0.5, 0.6) is 0 Å². The molecule has 0 saturated carbocycles. The Bertz CT molecular complexity index is 554. The van der Waals surface area contributed by atoms with Crippen molar-refractivity contribution in [3.8, 4) is 6.07 Å². The fourth-order valence-corrected chi connectivity index (χ4v) is 1.86. The van der Waals surface area contributed by atoms with Crippen LogP contribution in [0.3, 0.4) is 0 Å². The Morgan fingerprint density at radius 3 is 2.25 bits per heavy atom. The van der Waals surface area contributed by atoms with E-state index in [0.29, 0.717) is 5.46 Å². The number of hydrogen-bond donors (Lipinski definition) is 0. The van der Waals surface area contributed by atoms with Gasteiger partial charge in [-0.2, -0.15) is 5.26 Å². The second-order valence-electron chi connectivity index (χ2n) is 5.70. The molecule has 0 spiro atoms. The highest BCUT2D eigenvalue weighted by Crippen LogP contribution is 2.36. The lowest BCUT2D eigenvalue weighted by atomic mass is 9.79. The van der Waals surface area contributed by atoms with Crippen LogP contribution in [0.25, 0.3) is 0 Å². The maximum atomic E-state index is 12.7. The van der Waals surface area contributed by atoms with Gasteiger partial charge in [0.05, 0.1) is 16.8 Å². The molecule has 0 N–H and O–H groups in total. The van der Waals surface area contributed by atoms with E-state index < -0.39 is 30.4 Å². The number of alkyl halides is 2. The molecule has 7 heteroatoms. The van der Waals surface area contributed by atoms with Gasteiger partial charge in [-0.25, -0.2) is 8.78 Å². The zero-order chi connectivity index (χ0) is 15.1. The summed E-state index contributed by atoms with van der Waals surface area (Å²) in [7, 11) is -0.716. The van der Waals surface area contributed by atoms with Crippen molar-refractivity contribution in [3.05, 3.63) is 23.5 Å². The Labute approximate surface area is 116 Å². The summed E-state index contributed by atoms with van der Waals surface area (Å²) in [5.41, 5.74) is -1.29. The van der Waals surface area contributed by atoms with E-state index in [2.05, 4.69) is 4.98 Å². The highest BCUT2D eigenvalue weighted by atomic mass is 19.3. The maximum Gasteiger partial charge on any atom is 0.496 e. The molecule has 2 rings (SSSR count). The molecule has 1 aromatic heterocycles. The van der Waals surface area contributed by atoms with E-state index >= 15 is 0 Å².